The molecule has 10 aromatic carbocycles. The first-order chi connectivity index (χ1) is 31.7. The second-order valence-corrected chi connectivity index (χ2v) is 17.9. The maximum atomic E-state index is 5.51. The minimum absolute atomic E-state index is 1.01. The largest absolute Gasteiger partial charge is 0.291 e. The minimum Gasteiger partial charge on any atom is -0.291 e. The second kappa shape index (κ2) is 13.7. The summed E-state index contributed by atoms with van der Waals surface area (Å²) in [5.41, 5.74) is 13.7. The first kappa shape index (κ1) is 35.4. The van der Waals surface area contributed by atoms with Gasteiger partial charge in [-0.05, 0) is 108 Å². The summed E-state index contributed by atoms with van der Waals surface area (Å²) in [6.07, 6.45) is 1.88. The van der Waals surface area contributed by atoms with Crippen molar-refractivity contribution in [1.82, 2.24) is 14.4 Å². The van der Waals surface area contributed by atoms with Crippen molar-refractivity contribution in [3.05, 3.63) is 212 Å². The first-order valence-corrected chi connectivity index (χ1v) is 22.6. The number of pyridine rings is 2. The number of aromatic nitrogens is 3. The highest BCUT2D eigenvalue weighted by Gasteiger charge is 2.20. The molecule has 0 aliphatic carbocycles. The lowest BCUT2D eigenvalue weighted by Gasteiger charge is -2.14. The zero-order valence-corrected chi connectivity index (χ0v) is 35.3. The van der Waals surface area contributed by atoms with Gasteiger partial charge in [0.2, 0.25) is 0 Å². The second-order valence-electron chi connectivity index (χ2n) is 16.9. The molecule has 14 rings (SSSR count). The fraction of sp³-hybridized carbons (Fsp3) is 0. The van der Waals surface area contributed by atoms with Gasteiger partial charge in [-0.15, -0.1) is 11.3 Å². The predicted molar refractivity (Wildman–Crippen MR) is 273 cm³/mol. The van der Waals surface area contributed by atoms with Crippen LogP contribution in [0.5, 0.6) is 0 Å². The van der Waals surface area contributed by atoms with Gasteiger partial charge in [-0.2, -0.15) is 0 Å². The quantitative estimate of drug-likeness (QED) is 0.131. The van der Waals surface area contributed by atoms with Crippen molar-refractivity contribution < 1.29 is 0 Å². The molecule has 0 N–H and O–H groups in total. The molecular formula is C60H35N3S. The first-order valence-electron chi connectivity index (χ1n) is 21.8. The number of benzene rings is 10. The third-order valence-corrected chi connectivity index (χ3v) is 14.6. The molecule has 4 heteroatoms. The van der Waals surface area contributed by atoms with Gasteiger partial charge in [-0.3, -0.25) is 9.38 Å². The monoisotopic (exact) mass is 829 g/mol. The molecule has 296 valence electrons. The summed E-state index contributed by atoms with van der Waals surface area (Å²) in [7, 11) is 0. The SMILES string of the molecule is c1ccc2cc3c(ccc4c3nc3c5sc6ccccc6c5cc(-c5ccc(-c6ccc(-c7ccc(-c8cccc9c8ccc8cccnc89)cc7)c7ccccc67)cc5)n43)cc2c1. The molecule has 0 bridgehead atoms. The van der Waals surface area contributed by atoms with Crippen LogP contribution in [0.1, 0.15) is 0 Å². The van der Waals surface area contributed by atoms with Crippen LogP contribution in [0.25, 0.3) is 135 Å². The molecule has 0 radical (unpaired) electrons. The van der Waals surface area contributed by atoms with Crippen molar-refractivity contribution in [3.63, 3.8) is 0 Å². The molecule has 0 saturated heterocycles. The van der Waals surface area contributed by atoms with E-state index in [1.54, 1.807) is 0 Å². The smallest absolute Gasteiger partial charge is 0.156 e. The van der Waals surface area contributed by atoms with E-state index in [2.05, 4.69) is 205 Å². The van der Waals surface area contributed by atoms with Crippen molar-refractivity contribution in [2.75, 3.05) is 0 Å². The average Bonchev–Trinajstić information content (AvgIpc) is 3.95. The summed E-state index contributed by atoms with van der Waals surface area (Å²) < 4.78 is 4.89. The fourth-order valence-electron chi connectivity index (χ4n) is 10.3. The van der Waals surface area contributed by atoms with Crippen LogP contribution in [0, 0.1) is 0 Å². The summed E-state index contributed by atoms with van der Waals surface area (Å²) >= 11 is 1.83. The maximum Gasteiger partial charge on any atom is 0.156 e. The Morgan fingerprint density at radius 1 is 0.359 bits per heavy atom. The van der Waals surface area contributed by atoms with Crippen LogP contribution in [0.2, 0.25) is 0 Å². The molecule has 4 aromatic heterocycles. The third-order valence-electron chi connectivity index (χ3n) is 13.4. The number of nitrogens with zero attached hydrogens (tertiary/aromatic N) is 3. The van der Waals surface area contributed by atoms with Gasteiger partial charge < -0.3 is 0 Å². The summed E-state index contributed by atoms with van der Waals surface area (Å²) in [6, 6.07) is 75.6. The van der Waals surface area contributed by atoms with Gasteiger partial charge in [-0.1, -0.05) is 170 Å². The molecule has 4 heterocycles. The Bertz CT molecular complexity index is 4230. The van der Waals surface area contributed by atoms with Gasteiger partial charge in [0.05, 0.1) is 26.9 Å². The highest BCUT2D eigenvalue weighted by molar-refractivity contribution is 7.26. The molecular weight excluding hydrogens is 795 g/mol. The molecule has 3 nitrogen and oxygen atoms in total. The predicted octanol–water partition coefficient (Wildman–Crippen LogP) is 16.7. The summed E-state index contributed by atoms with van der Waals surface area (Å²) in [6.45, 7) is 0. The number of imidazole rings is 1. The van der Waals surface area contributed by atoms with E-state index in [0.717, 1.165) is 38.8 Å². The molecule has 0 atom stereocenters. The number of thiophene rings is 1. The van der Waals surface area contributed by atoms with Crippen LogP contribution >= 0.6 is 11.3 Å². The van der Waals surface area contributed by atoms with Gasteiger partial charge in [0, 0.05) is 37.8 Å². The standard InChI is InChI=1S/C60H35N3S/c1-2-10-42-34-52-43(33-41(42)9-1)27-31-54-58(52)62-60-59-53(50-14-5-6-17-56(50)64-59)35-55(63(54)60)39-24-22-38(23-25-39)46-30-29-45(47-12-3-4-13-48(46)47)37-20-18-36(19-21-37)44-15-7-16-51-49(44)28-26-40-11-8-32-61-57(40)51/h1-35H. The lowest BCUT2D eigenvalue weighted by molar-refractivity contribution is 1.25. The van der Waals surface area contributed by atoms with Gasteiger partial charge >= 0.3 is 0 Å². The molecule has 0 aliphatic rings. The van der Waals surface area contributed by atoms with Crippen molar-refractivity contribution >= 4 is 102 Å². The van der Waals surface area contributed by atoms with Crippen LogP contribution in [-0.4, -0.2) is 14.4 Å². The normalized spacial score (nSPS) is 12.1. The number of fused-ring (bicyclic) bond motifs is 14. The van der Waals surface area contributed by atoms with Crippen LogP contribution in [-0.2, 0) is 0 Å². The molecule has 0 saturated carbocycles. The van der Waals surface area contributed by atoms with E-state index in [4.69, 9.17) is 9.97 Å². The number of rotatable bonds is 4. The zero-order chi connectivity index (χ0) is 41.9. The summed E-state index contributed by atoms with van der Waals surface area (Å²) in [5.74, 6) is 0. The summed E-state index contributed by atoms with van der Waals surface area (Å²) in [4.78, 5) is 10.2. The Morgan fingerprint density at radius 3 is 1.70 bits per heavy atom. The van der Waals surface area contributed by atoms with Crippen molar-refractivity contribution in [1.29, 1.82) is 0 Å². The summed E-state index contributed by atoms with van der Waals surface area (Å²) in [5, 5.41) is 13.4. The van der Waals surface area contributed by atoms with Crippen LogP contribution in [0.15, 0.2) is 212 Å². The van der Waals surface area contributed by atoms with Gasteiger partial charge in [0.15, 0.2) is 5.65 Å². The van der Waals surface area contributed by atoms with E-state index in [1.165, 1.54) is 96.6 Å². The lowest BCUT2D eigenvalue weighted by atomic mass is 9.90. The Kier molecular flexibility index (Phi) is 7.56. The molecule has 0 aliphatic heterocycles. The number of hydrogen-bond acceptors (Lipinski definition) is 3. The van der Waals surface area contributed by atoms with Gasteiger partial charge in [0.1, 0.15) is 0 Å². The Balaban J connectivity index is 0.876. The maximum absolute atomic E-state index is 5.51. The van der Waals surface area contributed by atoms with Crippen molar-refractivity contribution in [2.45, 2.75) is 0 Å². The Labute approximate surface area is 371 Å². The third kappa shape index (κ3) is 5.27. The topological polar surface area (TPSA) is 30.2 Å². The van der Waals surface area contributed by atoms with E-state index >= 15 is 0 Å². The van der Waals surface area contributed by atoms with E-state index < -0.39 is 0 Å². The van der Waals surface area contributed by atoms with Gasteiger partial charge in [0.25, 0.3) is 0 Å². The molecule has 0 fully saturated rings. The number of hydrogen-bond donors (Lipinski definition) is 0. The Morgan fingerprint density at radius 2 is 0.953 bits per heavy atom. The van der Waals surface area contributed by atoms with Crippen molar-refractivity contribution in [3.8, 4) is 44.6 Å². The van der Waals surface area contributed by atoms with Crippen molar-refractivity contribution in [2.24, 2.45) is 0 Å². The van der Waals surface area contributed by atoms with Crippen LogP contribution in [0.3, 0.4) is 0 Å². The van der Waals surface area contributed by atoms with E-state index in [1.807, 2.05) is 23.6 Å². The molecule has 0 unspecified atom stereocenters. The average molecular weight is 830 g/mol. The Hall–Kier alpha value is -8.18. The lowest BCUT2D eigenvalue weighted by Crippen LogP contribution is -1.93. The zero-order valence-electron chi connectivity index (χ0n) is 34.5. The fourth-order valence-corrected chi connectivity index (χ4v) is 11.5. The minimum atomic E-state index is 1.01. The van der Waals surface area contributed by atoms with E-state index in [9.17, 15) is 0 Å². The molecule has 0 spiro atoms. The molecule has 14 aromatic rings. The van der Waals surface area contributed by atoms with E-state index in [-0.39, 0.29) is 0 Å². The van der Waals surface area contributed by atoms with E-state index in [0.29, 0.717) is 0 Å². The van der Waals surface area contributed by atoms with Crippen LogP contribution < -0.4 is 0 Å². The highest BCUT2D eigenvalue weighted by Crippen LogP contribution is 2.43. The van der Waals surface area contributed by atoms with Gasteiger partial charge in [-0.25, -0.2) is 4.98 Å². The molecule has 0 amide bonds. The molecule has 64 heavy (non-hydrogen) atoms. The van der Waals surface area contributed by atoms with Crippen LogP contribution in [0.4, 0.5) is 0 Å². The highest BCUT2D eigenvalue weighted by atomic mass is 32.1.